The van der Waals surface area contributed by atoms with Crippen LogP contribution in [0.4, 0.5) is 10.5 Å². The highest BCUT2D eigenvalue weighted by Gasteiger charge is 2.19. The van der Waals surface area contributed by atoms with Crippen LogP contribution in [-0.2, 0) is 23.1 Å². The molecule has 126 valence electrons. The highest BCUT2D eigenvalue weighted by molar-refractivity contribution is 5.99. The minimum atomic E-state index is -0.604. The van der Waals surface area contributed by atoms with Crippen LogP contribution < -0.4 is 10.9 Å². The van der Waals surface area contributed by atoms with Gasteiger partial charge in [-0.25, -0.2) is 4.79 Å². The van der Waals surface area contributed by atoms with Crippen LogP contribution >= 0.6 is 0 Å². The normalized spacial score (nSPS) is 11.7. The first-order valence-electron chi connectivity index (χ1n) is 7.40. The second-order valence-corrected chi connectivity index (χ2v) is 6.35. The molecule has 1 amide bonds. The number of hydrogen-bond acceptors (Lipinski definition) is 4. The lowest BCUT2D eigenvalue weighted by Gasteiger charge is -2.19. The van der Waals surface area contributed by atoms with Gasteiger partial charge in [0.2, 0.25) is 0 Å². The monoisotopic (exact) mass is 321 g/mol. The molecule has 7 heteroatoms. The lowest BCUT2D eigenvalue weighted by atomic mass is 10.2. The molecule has 0 atom stereocenters. The molecule has 2 aromatic rings. The number of nitrogens with zero attached hydrogens (tertiary/aromatic N) is 2. The summed E-state index contributed by atoms with van der Waals surface area (Å²) < 4.78 is 13.6. The van der Waals surface area contributed by atoms with Crippen LogP contribution in [0.2, 0.25) is 0 Å². The summed E-state index contributed by atoms with van der Waals surface area (Å²) in [6, 6.07) is 1.84. The summed E-state index contributed by atoms with van der Waals surface area (Å²) in [4.78, 5) is 24.6. The molecule has 2 rings (SSSR count). The van der Waals surface area contributed by atoms with Crippen LogP contribution in [0.3, 0.4) is 0 Å². The van der Waals surface area contributed by atoms with Crippen molar-refractivity contribution in [1.82, 2.24) is 9.13 Å². The summed E-state index contributed by atoms with van der Waals surface area (Å²) in [7, 11) is 3.41. The maximum Gasteiger partial charge on any atom is 0.412 e. The number of carbonyl (C=O) groups excluding carboxylic acids is 1. The van der Waals surface area contributed by atoms with Crippen LogP contribution in [-0.4, -0.2) is 34.5 Å². The standard InChI is InChI=1S/C16H23N3O4/c1-16(2,3)23-15(21)17-11-10-18(4)12-6-7-19(8-9-22-5)14(20)13(11)12/h6-7,10H,8-9H2,1-5H3,(H,17,21). The molecule has 0 spiro atoms. The van der Waals surface area contributed by atoms with Gasteiger partial charge in [-0.1, -0.05) is 0 Å². The van der Waals surface area contributed by atoms with Crippen molar-refractivity contribution in [3.8, 4) is 0 Å². The van der Waals surface area contributed by atoms with Crippen molar-refractivity contribution >= 4 is 22.7 Å². The number of carbonyl (C=O) groups is 1. The van der Waals surface area contributed by atoms with E-state index in [4.69, 9.17) is 9.47 Å². The molecule has 0 saturated carbocycles. The Kier molecular flexibility index (Phi) is 4.79. The van der Waals surface area contributed by atoms with Crippen LogP contribution in [0.15, 0.2) is 23.3 Å². The Morgan fingerprint density at radius 3 is 2.65 bits per heavy atom. The zero-order valence-corrected chi connectivity index (χ0v) is 14.2. The first-order valence-corrected chi connectivity index (χ1v) is 7.40. The largest absolute Gasteiger partial charge is 0.444 e. The van der Waals surface area contributed by atoms with Gasteiger partial charge >= 0.3 is 6.09 Å². The van der Waals surface area contributed by atoms with E-state index in [1.807, 2.05) is 13.1 Å². The van der Waals surface area contributed by atoms with E-state index in [9.17, 15) is 9.59 Å². The number of hydrogen-bond donors (Lipinski definition) is 1. The van der Waals surface area contributed by atoms with Gasteiger partial charge in [-0.15, -0.1) is 0 Å². The number of aryl methyl sites for hydroxylation is 1. The smallest absolute Gasteiger partial charge is 0.412 e. The molecule has 23 heavy (non-hydrogen) atoms. The van der Waals surface area contributed by atoms with Gasteiger partial charge in [0.1, 0.15) is 5.60 Å². The topological polar surface area (TPSA) is 74.5 Å². The third kappa shape index (κ3) is 3.92. The number of pyridine rings is 1. The predicted molar refractivity (Wildman–Crippen MR) is 88.9 cm³/mol. The van der Waals surface area contributed by atoms with Crippen LogP contribution in [0.1, 0.15) is 20.8 Å². The molecule has 2 aromatic heterocycles. The molecule has 0 aromatic carbocycles. The average Bonchev–Trinajstić information content (AvgIpc) is 2.73. The van der Waals surface area contributed by atoms with Gasteiger partial charge in [0.25, 0.3) is 5.56 Å². The Morgan fingerprint density at radius 1 is 1.35 bits per heavy atom. The van der Waals surface area contributed by atoms with E-state index >= 15 is 0 Å². The second-order valence-electron chi connectivity index (χ2n) is 6.35. The molecule has 0 aliphatic heterocycles. The molecule has 0 aliphatic carbocycles. The van der Waals surface area contributed by atoms with E-state index in [1.54, 1.807) is 49.4 Å². The van der Waals surface area contributed by atoms with Crippen molar-refractivity contribution in [2.75, 3.05) is 19.0 Å². The van der Waals surface area contributed by atoms with E-state index in [2.05, 4.69) is 5.32 Å². The Morgan fingerprint density at radius 2 is 2.04 bits per heavy atom. The molecule has 1 N–H and O–H groups in total. The van der Waals surface area contributed by atoms with E-state index in [0.717, 1.165) is 5.52 Å². The van der Waals surface area contributed by atoms with Gasteiger partial charge in [0.15, 0.2) is 0 Å². The number of aromatic nitrogens is 2. The molecule has 0 bridgehead atoms. The number of rotatable bonds is 4. The van der Waals surface area contributed by atoms with Crippen LogP contribution in [0.5, 0.6) is 0 Å². The van der Waals surface area contributed by atoms with Crippen molar-refractivity contribution in [2.45, 2.75) is 32.9 Å². The fraction of sp³-hybridized carbons (Fsp3) is 0.500. The van der Waals surface area contributed by atoms with E-state index < -0.39 is 11.7 Å². The van der Waals surface area contributed by atoms with E-state index in [1.165, 1.54) is 0 Å². The first kappa shape index (κ1) is 17.1. The maximum atomic E-state index is 12.6. The number of methoxy groups -OCH3 is 1. The summed E-state index contributed by atoms with van der Waals surface area (Å²) >= 11 is 0. The maximum absolute atomic E-state index is 12.6. The fourth-order valence-corrected chi connectivity index (χ4v) is 2.31. The van der Waals surface area contributed by atoms with Crippen molar-refractivity contribution in [3.63, 3.8) is 0 Å². The molecule has 0 saturated heterocycles. The molecular formula is C16H23N3O4. The van der Waals surface area contributed by atoms with Gasteiger partial charge in [-0.2, -0.15) is 0 Å². The third-order valence-electron chi connectivity index (χ3n) is 3.29. The predicted octanol–water partition coefficient (Wildman–Crippen LogP) is 2.33. The lowest BCUT2D eigenvalue weighted by molar-refractivity contribution is 0.0636. The molecule has 2 heterocycles. The Hall–Kier alpha value is -2.28. The highest BCUT2D eigenvalue weighted by atomic mass is 16.6. The summed E-state index contributed by atoms with van der Waals surface area (Å²) in [6.07, 6.45) is 2.84. The fourth-order valence-electron chi connectivity index (χ4n) is 2.31. The molecular weight excluding hydrogens is 298 g/mol. The molecule has 0 radical (unpaired) electrons. The van der Waals surface area contributed by atoms with Crippen molar-refractivity contribution < 1.29 is 14.3 Å². The molecule has 0 fully saturated rings. The first-order chi connectivity index (χ1) is 10.7. The quantitative estimate of drug-likeness (QED) is 0.938. The van der Waals surface area contributed by atoms with Gasteiger partial charge in [0.05, 0.1) is 23.2 Å². The zero-order chi connectivity index (χ0) is 17.2. The van der Waals surface area contributed by atoms with Crippen LogP contribution in [0.25, 0.3) is 10.9 Å². The summed E-state index contributed by atoms with van der Waals surface area (Å²) in [5, 5.41) is 3.12. The van der Waals surface area contributed by atoms with E-state index in [-0.39, 0.29) is 5.56 Å². The zero-order valence-electron chi connectivity index (χ0n) is 14.2. The number of amides is 1. The van der Waals surface area contributed by atoms with E-state index in [0.29, 0.717) is 24.2 Å². The average molecular weight is 321 g/mol. The third-order valence-corrected chi connectivity index (χ3v) is 3.29. The van der Waals surface area contributed by atoms with Gasteiger partial charge in [-0.05, 0) is 26.8 Å². The van der Waals surface area contributed by atoms with Gasteiger partial charge in [-0.3, -0.25) is 10.1 Å². The Labute approximate surface area is 134 Å². The van der Waals surface area contributed by atoms with Crippen molar-refractivity contribution in [3.05, 3.63) is 28.8 Å². The minimum Gasteiger partial charge on any atom is -0.444 e. The summed E-state index contributed by atoms with van der Waals surface area (Å²) in [5.41, 5.74) is 0.405. The van der Waals surface area contributed by atoms with Crippen LogP contribution in [0, 0.1) is 0 Å². The SMILES string of the molecule is COCCn1ccc2c(c(NC(=O)OC(C)(C)C)cn2C)c1=O. The Balaban J connectivity index is 2.40. The Bertz CT molecular complexity index is 768. The number of nitrogens with one attached hydrogen (secondary N) is 1. The van der Waals surface area contributed by atoms with Gasteiger partial charge < -0.3 is 18.6 Å². The second kappa shape index (κ2) is 6.45. The lowest BCUT2D eigenvalue weighted by Crippen LogP contribution is -2.28. The van der Waals surface area contributed by atoms with Crippen molar-refractivity contribution in [2.24, 2.45) is 7.05 Å². The summed E-state index contributed by atoms with van der Waals surface area (Å²) in [6.45, 7) is 6.24. The molecule has 7 nitrogen and oxygen atoms in total. The van der Waals surface area contributed by atoms with Gasteiger partial charge in [0, 0.05) is 33.1 Å². The van der Waals surface area contributed by atoms with Crippen molar-refractivity contribution in [1.29, 1.82) is 0 Å². The summed E-state index contributed by atoms with van der Waals surface area (Å²) in [5.74, 6) is 0. The molecule has 0 unspecified atom stereocenters. The number of ether oxygens (including phenoxy) is 2. The number of anilines is 1. The molecule has 0 aliphatic rings. The highest BCUT2D eigenvalue weighted by Crippen LogP contribution is 2.22. The minimum absolute atomic E-state index is 0.175. The number of fused-ring (bicyclic) bond motifs is 1.